The van der Waals surface area contributed by atoms with Crippen molar-refractivity contribution in [1.82, 2.24) is 25.5 Å². The van der Waals surface area contributed by atoms with E-state index in [1.165, 1.54) is 22.7 Å². The number of likely N-dealkylation sites (tertiary alicyclic amines) is 1. The zero-order valence-electron chi connectivity index (χ0n) is 32.8. The van der Waals surface area contributed by atoms with Crippen LogP contribution in [0.15, 0.2) is 24.3 Å². The molecule has 0 bridgehead atoms. The standard InChI is InChI=1S/C40H51ClN6O8S/c1-8-22-17-40(22,36(50)51)46-34(48)29-15-25(18-47(29)35(49)32(39(4,5)6)45-38(52)55-24-12-20-11-21(20)13-24)54-30-16-28(31-33(41)56-37(44-31)42-19(2)3)43-27-14-23(53-7)9-10-26(27)30/h9-10,14,16,19-22,24-25,29,32H,8,11-13,15,17-18H2,1-7H3,(H,42,44)(H,45,52)(H,46,48)(H,50,51)/t20-,21+,22?,24+,25-,29?,32?,40-/m1/s1. The first kappa shape index (κ1) is 39.8. The summed E-state index contributed by atoms with van der Waals surface area (Å²) in [5, 5.41) is 20.4. The van der Waals surface area contributed by atoms with Crippen molar-refractivity contribution in [3.63, 3.8) is 0 Å². The monoisotopic (exact) mass is 810 g/mol. The van der Waals surface area contributed by atoms with Gasteiger partial charge in [0, 0.05) is 30.0 Å². The summed E-state index contributed by atoms with van der Waals surface area (Å²) in [5.74, 6) is -0.205. The van der Waals surface area contributed by atoms with Crippen molar-refractivity contribution in [2.24, 2.45) is 23.2 Å². The van der Waals surface area contributed by atoms with Crippen molar-refractivity contribution >= 4 is 62.8 Å². The molecule has 1 aromatic carbocycles. The molecule has 8 atom stereocenters. The number of alkyl carbamates (subject to hydrolysis) is 1. The number of nitrogens with zero attached hydrogens (tertiary/aromatic N) is 3. The highest BCUT2D eigenvalue weighted by Gasteiger charge is 2.61. The smallest absolute Gasteiger partial charge is 0.408 e. The van der Waals surface area contributed by atoms with Gasteiger partial charge in [0.05, 0.1) is 24.9 Å². The van der Waals surface area contributed by atoms with Gasteiger partial charge in [-0.25, -0.2) is 19.6 Å². The van der Waals surface area contributed by atoms with Gasteiger partial charge in [-0.2, -0.15) is 0 Å². The summed E-state index contributed by atoms with van der Waals surface area (Å²) in [7, 11) is 1.56. The summed E-state index contributed by atoms with van der Waals surface area (Å²) in [6, 6.07) is 5.12. The van der Waals surface area contributed by atoms with Crippen molar-refractivity contribution in [2.45, 2.75) is 116 Å². The van der Waals surface area contributed by atoms with Crippen molar-refractivity contribution in [1.29, 1.82) is 0 Å². The zero-order valence-corrected chi connectivity index (χ0v) is 34.4. The maximum absolute atomic E-state index is 14.7. The fourth-order valence-electron chi connectivity index (χ4n) is 8.31. The quantitative estimate of drug-likeness (QED) is 0.148. The number of thiazole rings is 1. The van der Waals surface area contributed by atoms with E-state index in [0.29, 0.717) is 67.9 Å². The van der Waals surface area contributed by atoms with E-state index in [0.717, 1.165) is 12.8 Å². The predicted molar refractivity (Wildman–Crippen MR) is 212 cm³/mol. The maximum Gasteiger partial charge on any atom is 0.408 e. The van der Waals surface area contributed by atoms with Crippen LogP contribution in [0.4, 0.5) is 9.93 Å². The minimum Gasteiger partial charge on any atom is -0.497 e. The van der Waals surface area contributed by atoms with Crippen LogP contribution in [-0.2, 0) is 19.1 Å². The number of amides is 3. The summed E-state index contributed by atoms with van der Waals surface area (Å²) in [5.41, 5.74) is -0.706. The first-order valence-corrected chi connectivity index (χ1v) is 20.6. The number of fused-ring (bicyclic) bond motifs is 2. The number of carboxylic acids is 1. The first-order chi connectivity index (χ1) is 26.5. The van der Waals surface area contributed by atoms with Gasteiger partial charge in [-0.05, 0) is 74.8 Å². The number of aliphatic carboxylic acids is 1. The molecular formula is C40H51ClN6O8S. The molecule has 3 amide bonds. The Kier molecular flexibility index (Phi) is 10.8. The number of halogens is 1. The molecular weight excluding hydrogens is 760 g/mol. The number of aromatic nitrogens is 2. The van der Waals surface area contributed by atoms with Crippen molar-refractivity contribution in [3.05, 3.63) is 28.6 Å². The van der Waals surface area contributed by atoms with Crippen LogP contribution in [-0.4, -0.2) is 93.4 Å². The molecule has 7 rings (SSSR count). The average Bonchev–Trinajstić information content (AvgIpc) is 3.86. The molecule has 4 N–H and O–H groups in total. The van der Waals surface area contributed by atoms with Gasteiger partial charge in [-0.3, -0.25) is 9.59 Å². The molecule has 56 heavy (non-hydrogen) atoms. The summed E-state index contributed by atoms with van der Waals surface area (Å²) in [4.78, 5) is 65.5. The Hall–Kier alpha value is -4.37. The summed E-state index contributed by atoms with van der Waals surface area (Å²) in [6.45, 7) is 11.4. The molecule has 3 aliphatic carbocycles. The zero-order chi connectivity index (χ0) is 40.3. The molecule has 3 saturated carbocycles. The van der Waals surface area contributed by atoms with Crippen LogP contribution in [0, 0.1) is 23.2 Å². The molecule has 302 valence electrons. The Morgan fingerprint density at radius 3 is 2.43 bits per heavy atom. The van der Waals surface area contributed by atoms with Gasteiger partial charge in [0.2, 0.25) is 11.8 Å². The molecule has 16 heteroatoms. The Labute approximate surface area is 335 Å². The minimum atomic E-state index is -1.40. The second-order valence-corrected chi connectivity index (χ2v) is 18.7. The lowest BCUT2D eigenvalue weighted by Gasteiger charge is -2.35. The lowest BCUT2D eigenvalue weighted by Crippen LogP contribution is -2.59. The maximum atomic E-state index is 14.7. The number of pyridine rings is 1. The number of nitrogens with one attached hydrogen (secondary N) is 3. The lowest BCUT2D eigenvalue weighted by atomic mass is 9.85. The van der Waals surface area contributed by atoms with E-state index < -0.39 is 53.0 Å². The largest absolute Gasteiger partial charge is 0.497 e. The number of carbonyl (C=O) groups is 4. The molecule has 2 aromatic heterocycles. The van der Waals surface area contributed by atoms with E-state index in [9.17, 15) is 24.3 Å². The van der Waals surface area contributed by atoms with Crippen molar-refractivity contribution in [3.8, 4) is 22.9 Å². The highest BCUT2D eigenvalue weighted by molar-refractivity contribution is 7.20. The van der Waals surface area contributed by atoms with Crippen molar-refractivity contribution < 1.29 is 38.5 Å². The van der Waals surface area contributed by atoms with E-state index in [1.54, 1.807) is 25.3 Å². The molecule has 0 spiro atoms. The Balaban J connectivity index is 1.20. The Morgan fingerprint density at radius 1 is 1.07 bits per heavy atom. The summed E-state index contributed by atoms with van der Waals surface area (Å²) in [6.07, 6.45) is 2.19. The molecule has 3 unspecified atom stereocenters. The van der Waals surface area contributed by atoms with Crippen LogP contribution < -0.4 is 25.4 Å². The number of anilines is 1. The van der Waals surface area contributed by atoms with E-state index in [4.69, 9.17) is 35.8 Å². The third-order valence-corrected chi connectivity index (χ3v) is 12.7. The number of methoxy groups -OCH3 is 1. The van der Waals surface area contributed by atoms with Crippen LogP contribution in [0.3, 0.4) is 0 Å². The topological polar surface area (TPSA) is 181 Å². The predicted octanol–water partition coefficient (Wildman–Crippen LogP) is 6.50. The van der Waals surface area contributed by atoms with Crippen LogP contribution >= 0.6 is 22.9 Å². The SMILES string of the molecule is CCC1C[C@]1(NC(=O)C1C[C@@H](Oc2cc(-c3nc(NC(C)C)sc3Cl)nc3cc(OC)ccc23)CN1C(=O)C(NC(=O)O[C@@H]1C[C@@H]2C[C@@H]2C1)C(C)(C)C)C(=O)O. The molecule has 4 fully saturated rings. The second kappa shape index (κ2) is 15.2. The number of carboxylic acid groups (broad SMARTS) is 1. The van der Waals surface area contributed by atoms with Gasteiger partial charge < -0.3 is 40.2 Å². The van der Waals surface area contributed by atoms with Gasteiger partial charge in [0.25, 0.3) is 0 Å². The van der Waals surface area contributed by atoms with E-state index in [1.807, 2.05) is 47.6 Å². The second-order valence-electron chi connectivity index (χ2n) is 17.1. The normalized spacial score (nSPS) is 27.1. The van der Waals surface area contributed by atoms with Crippen LogP contribution in [0.5, 0.6) is 11.5 Å². The highest BCUT2D eigenvalue weighted by atomic mass is 35.5. The van der Waals surface area contributed by atoms with Crippen LogP contribution in [0.25, 0.3) is 22.3 Å². The van der Waals surface area contributed by atoms with E-state index >= 15 is 0 Å². The molecule has 1 saturated heterocycles. The summed E-state index contributed by atoms with van der Waals surface area (Å²) < 4.78 is 18.4. The highest BCUT2D eigenvalue weighted by Crippen LogP contribution is 2.52. The van der Waals surface area contributed by atoms with Gasteiger partial charge in [0.15, 0.2) is 5.13 Å². The van der Waals surface area contributed by atoms with Crippen molar-refractivity contribution in [2.75, 3.05) is 19.0 Å². The number of benzene rings is 1. The molecule has 3 heterocycles. The van der Waals surface area contributed by atoms with E-state index in [-0.39, 0.29) is 31.0 Å². The lowest BCUT2D eigenvalue weighted by molar-refractivity contribution is -0.146. The Bertz CT molecular complexity index is 2030. The fraction of sp³-hybridized carbons (Fsp3) is 0.600. The van der Waals surface area contributed by atoms with E-state index in [2.05, 4.69) is 16.0 Å². The number of hydrogen-bond donors (Lipinski definition) is 4. The first-order valence-electron chi connectivity index (χ1n) is 19.4. The number of hydrogen-bond acceptors (Lipinski definition) is 11. The number of ether oxygens (including phenoxy) is 3. The van der Waals surface area contributed by atoms with Crippen LogP contribution in [0.2, 0.25) is 4.34 Å². The van der Waals surface area contributed by atoms with Gasteiger partial charge >= 0.3 is 12.1 Å². The molecule has 4 aliphatic rings. The van der Waals surface area contributed by atoms with Gasteiger partial charge in [-0.1, -0.05) is 57.1 Å². The third kappa shape index (κ3) is 8.07. The molecule has 3 aromatic rings. The molecule has 14 nitrogen and oxygen atoms in total. The third-order valence-electron chi connectivity index (χ3n) is 11.5. The summed E-state index contributed by atoms with van der Waals surface area (Å²) >= 11 is 8.00. The van der Waals surface area contributed by atoms with Gasteiger partial charge in [-0.15, -0.1) is 0 Å². The number of carbonyl (C=O) groups excluding carboxylic acids is 3. The average molecular weight is 811 g/mol. The number of rotatable bonds is 13. The molecule has 1 aliphatic heterocycles. The van der Waals surface area contributed by atoms with Gasteiger partial charge in [0.1, 0.15) is 51.4 Å². The Morgan fingerprint density at radius 2 is 1.80 bits per heavy atom. The van der Waals surface area contributed by atoms with Crippen LogP contribution in [0.1, 0.15) is 80.1 Å². The molecule has 0 radical (unpaired) electrons. The fourth-order valence-corrected chi connectivity index (χ4v) is 9.52. The minimum absolute atomic E-state index is 0.0152.